The van der Waals surface area contributed by atoms with Gasteiger partial charge in [-0.3, -0.25) is 9.78 Å². The lowest BCUT2D eigenvalue weighted by Crippen LogP contribution is -2.57. The van der Waals surface area contributed by atoms with Gasteiger partial charge in [-0.05, 0) is 50.5 Å². The van der Waals surface area contributed by atoms with Crippen LogP contribution in [-0.4, -0.2) is 64.7 Å². The first-order valence-corrected chi connectivity index (χ1v) is 12.7. The largest absolute Gasteiger partial charge is 0.444 e. The van der Waals surface area contributed by atoms with Crippen LogP contribution in [0.1, 0.15) is 57.5 Å². The van der Waals surface area contributed by atoms with E-state index in [0.29, 0.717) is 10.6 Å². The smallest absolute Gasteiger partial charge is 0.414 e. The van der Waals surface area contributed by atoms with E-state index in [1.807, 2.05) is 12.1 Å². The molecular formula is C28H35F3N4O3. The van der Waals surface area contributed by atoms with Crippen LogP contribution in [0.4, 0.5) is 23.7 Å². The van der Waals surface area contributed by atoms with Crippen LogP contribution in [0.5, 0.6) is 0 Å². The van der Waals surface area contributed by atoms with Crippen molar-refractivity contribution >= 4 is 17.7 Å². The molecule has 1 aromatic heterocycles. The van der Waals surface area contributed by atoms with E-state index >= 15 is 0 Å². The normalized spacial score (nSPS) is 19.8. The lowest BCUT2D eigenvalue weighted by Gasteiger charge is -2.41. The van der Waals surface area contributed by atoms with E-state index in [9.17, 15) is 22.8 Å². The molecule has 38 heavy (non-hydrogen) atoms. The van der Waals surface area contributed by atoms with Gasteiger partial charge < -0.3 is 19.9 Å². The Morgan fingerprint density at radius 1 is 1.13 bits per heavy atom. The number of fused-ring (bicyclic) bond motifs is 1. The summed E-state index contributed by atoms with van der Waals surface area (Å²) in [5.41, 5.74) is 1.98. The monoisotopic (exact) mass is 532 g/mol. The number of alkyl halides is 3. The van der Waals surface area contributed by atoms with E-state index in [1.165, 1.54) is 28.3 Å². The van der Waals surface area contributed by atoms with Crippen molar-refractivity contribution in [2.24, 2.45) is 5.92 Å². The number of nitrogens with zero attached hydrogens (tertiary/aromatic N) is 3. The second kappa shape index (κ2) is 9.78. The van der Waals surface area contributed by atoms with E-state index in [0.717, 1.165) is 13.5 Å². The maximum absolute atomic E-state index is 14.1. The molecule has 2 aliphatic rings. The molecule has 206 valence electrons. The number of hydrogen-bond donors (Lipinski definition) is 1. The van der Waals surface area contributed by atoms with Crippen LogP contribution in [0.15, 0.2) is 42.6 Å². The summed E-state index contributed by atoms with van der Waals surface area (Å²) in [4.78, 5) is 31.2. The fourth-order valence-corrected chi connectivity index (χ4v) is 5.19. The Morgan fingerprint density at radius 2 is 1.79 bits per heavy atom. The van der Waals surface area contributed by atoms with Crippen molar-refractivity contribution < 1.29 is 27.5 Å². The standard InChI is InChI=1S/C28H35F3N4O3/c1-26(2,3)38-25(37)35-15-18(16-35)24(36)34(6)23(28(29,30)31)21-12-11-19(14-32-21)33-22-13-17-9-7-8-10-20(17)27(22,4)5/h7-12,14,18,22-23,33H,13,15-16H2,1-6H3. The number of anilines is 1. The van der Waals surface area contributed by atoms with E-state index in [-0.39, 0.29) is 30.2 Å². The second-order valence-corrected chi connectivity index (χ2v) is 11.7. The number of benzene rings is 1. The van der Waals surface area contributed by atoms with Crippen molar-refractivity contribution in [1.82, 2.24) is 14.8 Å². The maximum Gasteiger partial charge on any atom is 0.414 e. The second-order valence-electron chi connectivity index (χ2n) is 11.7. The molecule has 10 heteroatoms. The van der Waals surface area contributed by atoms with Gasteiger partial charge in [0.2, 0.25) is 5.91 Å². The Labute approximate surface area is 221 Å². The highest BCUT2D eigenvalue weighted by atomic mass is 19.4. The van der Waals surface area contributed by atoms with Crippen molar-refractivity contribution in [3.05, 3.63) is 59.4 Å². The van der Waals surface area contributed by atoms with Crippen molar-refractivity contribution in [3.63, 3.8) is 0 Å². The molecule has 0 bridgehead atoms. The molecule has 2 unspecified atom stereocenters. The first-order valence-electron chi connectivity index (χ1n) is 12.7. The number of pyridine rings is 1. The summed E-state index contributed by atoms with van der Waals surface area (Å²) in [6.45, 7) is 9.46. The Morgan fingerprint density at radius 3 is 2.34 bits per heavy atom. The average molecular weight is 533 g/mol. The third-order valence-electron chi connectivity index (χ3n) is 7.34. The van der Waals surface area contributed by atoms with Crippen LogP contribution in [0.25, 0.3) is 0 Å². The summed E-state index contributed by atoms with van der Waals surface area (Å²) in [7, 11) is 1.13. The van der Waals surface area contributed by atoms with Gasteiger partial charge in [0.1, 0.15) is 5.60 Å². The molecular weight excluding hydrogens is 497 g/mol. The zero-order chi connectivity index (χ0) is 28.0. The Hall–Kier alpha value is -3.30. The summed E-state index contributed by atoms with van der Waals surface area (Å²) >= 11 is 0. The third kappa shape index (κ3) is 5.59. The van der Waals surface area contributed by atoms with Crippen molar-refractivity contribution in [2.45, 2.75) is 70.3 Å². The van der Waals surface area contributed by atoms with Crippen molar-refractivity contribution in [1.29, 1.82) is 0 Å². The number of hydrogen-bond acceptors (Lipinski definition) is 5. The molecule has 4 rings (SSSR count). The van der Waals surface area contributed by atoms with Gasteiger partial charge in [-0.2, -0.15) is 13.2 Å². The molecule has 1 aliphatic heterocycles. The van der Waals surface area contributed by atoms with Gasteiger partial charge in [-0.25, -0.2) is 4.79 Å². The van der Waals surface area contributed by atoms with Crippen LogP contribution in [0.2, 0.25) is 0 Å². The molecule has 2 amide bonds. The fourth-order valence-electron chi connectivity index (χ4n) is 5.19. The topological polar surface area (TPSA) is 74.8 Å². The van der Waals surface area contributed by atoms with Gasteiger partial charge in [0.25, 0.3) is 0 Å². The minimum atomic E-state index is -4.73. The van der Waals surface area contributed by atoms with E-state index in [2.05, 4.69) is 36.3 Å². The molecule has 1 aliphatic carbocycles. The number of likely N-dealkylation sites (tertiary alicyclic amines) is 1. The molecule has 0 radical (unpaired) electrons. The SMILES string of the molecule is CN(C(=O)C1CN(C(=O)OC(C)(C)C)C1)C(c1ccc(NC2Cc3ccccc3C2(C)C)cn1)C(F)(F)F. The van der Waals surface area contributed by atoms with Gasteiger partial charge in [-0.15, -0.1) is 0 Å². The lowest BCUT2D eigenvalue weighted by atomic mass is 9.83. The number of amides is 2. The summed E-state index contributed by atoms with van der Waals surface area (Å²) in [5.74, 6) is -1.42. The number of rotatable bonds is 5. The predicted octanol–water partition coefficient (Wildman–Crippen LogP) is 5.32. The number of ether oxygens (including phenoxy) is 1. The Kier molecular flexibility index (Phi) is 7.14. The van der Waals surface area contributed by atoms with Gasteiger partial charge in [-0.1, -0.05) is 38.1 Å². The number of halogens is 3. The number of nitrogens with one attached hydrogen (secondary N) is 1. The van der Waals surface area contributed by atoms with E-state index in [1.54, 1.807) is 26.8 Å². The highest BCUT2D eigenvalue weighted by Gasteiger charge is 2.49. The molecule has 2 atom stereocenters. The number of aromatic nitrogens is 1. The first-order chi connectivity index (χ1) is 17.6. The summed E-state index contributed by atoms with van der Waals surface area (Å²) in [6.07, 6.45) is -3.13. The minimum absolute atomic E-state index is 0.0124. The first kappa shape index (κ1) is 27.7. The summed E-state index contributed by atoms with van der Waals surface area (Å²) in [5, 5.41) is 3.43. The van der Waals surface area contributed by atoms with Crippen LogP contribution in [-0.2, 0) is 21.4 Å². The highest BCUT2D eigenvalue weighted by Crippen LogP contribution is 2.41. The van der Waals surface area contributed by atoms with Crippen molar-refractivity contribution in [3.8, 4) is 0 Å². The van der Waals surface area contributed by atoms with E-state index in [4.69, 9.17) is 4.74 Å². The maximum atomic E-state index is 14.1. The molecule has 7 nitrogen and oxygen atoms in total. The Bertz CT molecular complexity index is 1190. The molecule has 0 saturated carbocycles. The molecule has 1 saturated heterocycles. The summed E-state index contributed by atoms with van der Waals surface area (Å²) in [6, 6.07) is 8.95. The minimum Gasteiger partial charge on any atom is -0.444 e. The van der Waals surface area contributed by atoms with Crippen LogP contribution < -0.4 is 5.32 Å². The Balaban J connectivity index is 1.43. The van der Waals surface area contributed by atoms with Gasteiger partial charge in [0.15, 0.2) is 6.04 Å². The molecule has 1 fully saturated rings. The molecule has 2 heterocycles. The molecule has 2 aromatic rings. The number of carbonyl (C=O) groups excluding carboxylic acids is 2. The molecule has 1 N–H and O–H groups in total. The van der Waals surface area contributed by atoms with Crippen LogP contribution >= 0.6 is 0 Å². The lowest BCUT2D eigenvalue weighted by molar-refractivity contribution is -0.193. The zero-order valence-corrected chi connectivity index (χ0v) is 22.6. The zero-order valence-electron chi connectivity index (χ0n) is 22.6. The van der Waals surface area contributed by atoms with E-state index < -0.39 is 35.7 Å². The van der Waals surface area contributed by atoms with Gasteiger partial charge >= 0.3 is 12.3 Å². The number of carbonyl (C=O) groups is 2. The fraction of sp³-hybridized carbons (Fsp3) is 0.536. The average Bonchev–Trinajstić information content (AvgIpc) is 3.01. The quantitative estimate of drug-likeness (QED) is 0.564. The molecule has 1 aromatic carbocycles. The highest BCUT2D eigenvalue weighted by molar-refractivity contribution is 5.83. The van der Waals surface area contributed by atoms with Crippen LogP contribution in [0, 0.1) is 5.92 Å². The van der Waals surface area contributed by atoms with Crippen molar-refractivity contribution in [2.75, 3.05) is 25.5 Å². The van der Waals surface area contributed by atoms with Gasteiger partial charge in [0, 0.05) is 31.6 Å². The predicted molar refractivity (Wildman–Crippen MR) is 138 cm³/mol. The molecule has 0 spiro atoms. The van der Waals surface area contributed by atoms with Crippen LogP contribution in [0.3, 0.4) is 0 Å². The van der Waals surface area contributed by atoms with Gasteiger partial charge in [0.05, 0.1) is 23.5 Å². The third-order valence-corrected chi connectivity index (χ3v) is 7.34. The summed E-state index contributed by atoms with van der Waals surface area (Å²) < 4.78 is 47.7.